The third kappa shape index (κ3) is 5.83. The normalized spacial score (nSPS) is 18.8. The zero-order valence-corrected chi connectivity index (χ0v) is 11.2. The Labute approximate surface area is 100 Å². The minimum Gasteiger partial charge on any atom is -0.390 e. The van der Waals surface area contributed by atoms with Gasteiger partial charge in [-0.1, -0.05) is 27.7 Å². The van der Waals surface area contributed by atoms with Crippen LogP contribution in [0.3, 0.4) is 0 Å². The zero-order valence-electron chi connectivity index (χ0n) is 11.2. The Morgan fingerprint density at radius 2 is 1.81 bits per heavy atom. The third-order valence-electron chi connectivity index (χ3n) is 2.87. The van der Waals surface area contributed by atoms with E-state index >= 15 is 0 Å². The van der Waals surface area contributed by atoms with Crippen molar-refractivity contribution < 1.29 is 5.11 Å². The summed E-state index contributed by atoms with van der Waals surface area (Å²) in [4.78, 5) is 2.46. The summed E-state index contributed by atoms with van der Waals surface area (Å²) in [5.41, 5.74) is 0. The lowest BCUT2D eigenvalue weighted by Gasteiger charge is -2.27. The first-order valence-electron chi connectivity index (χ1n) is 6.64. The van der Waals surface area contributed by atoms with Gasteiger partial charge in [0, 0.05) is 31.7 Å². The molecule has 1 aliphatic rings. The fraction of sp³-hybridized carbons (Fsp3) is 1.00. The molecule has 1 unspecified atom stereocenters. The van der Waals surface area contributed by atoms with Crippen LogP contribution in [-0.4, -0.2) is 47.8 Å². The summed E-state index contributed by atoms with van der Waals surface area (Å²) >= 11 is 0. The summed E-state index contributed by atoms with van der Waals surface area (Å²) in [5, 5.41) is 13.2. The zero-order chi connectivity index (χ0) is 12.1. The fourth-order valence-electron chi connectivity index (χ4n) is 1.99. The largest absolute Gasteiger partial charge is 0.390 e. The van der Waals surface area contributed by atoms with Crippen LogP contribution in [-0.2, 0) is 0 Å². The predicted molar refractivity (Wildman–Crippen MR) is 68.6 cm³/mol. The van der Waals surface area contributed by atoms with Crippen LogP contribution in [0.15, 0.2) is 0 Å². The molecule has 0 bridgehead atoms. The van der Waals surface area contributed by atoms with Gasteiger partial charge in [-0.15, -0.1) is 0 Å². The van der Waals surface area contributed by atoms with E-state index in [1.807, 2.05) is 0 Å². The van der Waals surface area contributed by atoms with Crippen LogP contribution in [0.2, 0.25) is 0 Å². The van der Waals surface area contributed by atoms with Crippen molar-refractivity contribution in [2.75, 3.05) is 19.6 Å². The van der Waals surface area contributed by atoms with Gasteiger partial charge in [0.2, 0.25) is 0 Å². The Balaban J connectivity index is 2.24. The molecule has 1 atom stereocenters. The summed E-state index contributed by atoms with van der Waals surface area (Å²) in [6.07, 6.45) is 2.40. The van der Waals surface area contributed by atoms with Crippen LogP contribution < -0.4 is 5.32 Å². The lowest BCUT2D eigenvalue weighted by atomic mass is 10.2. The van der Waals surface area contributed by atoms with Crippen LogP contribution >= 0.6 is 0 Å². The molecule has 2 N–H and O–H groups in total. The topological polar surface area (TPSA) is 35.5 Å². The number of aliphatic hydroxyl groups is 1. The van der Waals surface area contributed by atoms with Gasteiger partial charge in [0.25, 0.3) is 0 Å². The summed E-state index contributed by atoms with van der Waals surface area (Å²) in [6, 6.07) is 1.20. The molecule has 1 fully saturated rings. The van der Waals surface area contributed by atoms with Gasteiger partial charge in [0.05, 0.1) is 6.10 Å². The fourth-order valence-corrected chi connectivity index (χ4v) is 1.99. The molecule has 1 rings (SSSR count). The molecular weight excluding hydrogens is 200 g/mol. The Hall–Kier alpha value is -0.120. The number of nitrogens with one attached hydrogen (secondary N) is 1. The monoisotopic (exact) mass is 228 g/mol. The molecule has 1 saturated carbocycles. The van der Waals surface area contributed by atoms with Crippen LogP contribution in [0.5, 0.6) is 0 Å². The van der Waals surface area contributed by atoms with Crippen LogP contribution in [0.4, 0.5) is 0 Å². The van der Waals surface area contributed by atoms with Crippen molar-refractivity contribution in [1.82, 2.24) is 10.2 Å². The van der Waals surface area contributed by atoms with Crippen molar-refractivity contribution in [3.63, 3.8) is 0 Å². The molecule has 0 aromatic heterocycles. The second-order valence-corrected chi connectivity index (χ2v) is 5.80. The second-order valence-electron chi connectivity index (χ2n) is 5.80. The Kier molecular flexibility index (Phi) is 5.73. The van der Waals surface area contributed by atoms with E-state index in [0.717, 1.165) is 19.1 Å². The first-order valence-corrected chi connectivity index (χ1v) is 6.64. The van der Waals surface area contributed by atoms with Crippen molar-refractivity contribution in [3.8, 4) is 0 Å². The number of hydrogen-bond acceptors (Lipinski definition) is 3. The molecule has 0 aliphatic heterocycles. The predicted octanol–water partition coefficient (Wildman–Crippen LogP) is 1.47. The summed E-state index contributed by atoms with van der Waals surface area (Å²) in [5.74, 6) is 0.686. The maximum Gasteiger partial charge on any atom is 0.0791 e. The third-order valence-corrected chi connectivity index (χ3v) is 2.87. The van der Waals surface area contributed by atoms with Gasteiger partial charge in [-0.3, -0.25) is 4.90 Å². The molecule has 0 heterocycles. The molecule has 0 amide bonds. The van der Waals surface area contributed by atoms with Gasteiger partial charge in [-0.25, -0.2) is 0 Å². The molecule has 3 heteroatoms. The van der Waals surface area contributed by atoms with Crippen LogP contribution in [0.25, 0.3) is 0 Å². The van der Waals surface area contributed by atoms with Gasteiger partial charge >= 0.3 is 0 Å². The highest BCUT2D eigenvalue weighted by Gasteiger charge is 2.30. The van der Waals surface area contributed by atoms with E-state index in [1.165, 1.54) is 12.8 Å². The first kappa shape index (κ1) is 13.9. The maximum atomic E-state index is 9.95. The lowest BCUT2D eigenvalue weighted by molar-refractivity contribution is 0.0985. The molecule has 3 nitrogen and oxygen atoms in total. The van der Waals surface area contributed by atoms with Gasteiger partial charge in [-0.2, -0.15) is 0 Å². The van der Waals surface area contributed by atoms with Crippen molar-refractivity contribution in [1.29, 1.82) is 0 Å². The molecule has 0 spiro atoms. The number of hydrogen-bond donors (Lipinski definition) is 2. The van der Waals surface area contributed by atoms with E-state index in [1.54, 1.807) is 0 Å². The highest BCUT2D eigenvalue weighted by atomic mass is 16.3. The minimum atomic E-state index is -0.234. The van der Waals surface area contributed by atoms with Gasteiger partial charge in [-0.05, 0) is 18.8 Å². The lowest BCUT2D eigenvalue weighted by Crippen LogP contribution is -2.42. The van der Waals surface area contributed by atoms with Gasteiger partial charge < -0.3 is 10.4 Å². The average molecular weight is 228 g/mol. The van der Waals surface area contributed by atoms with Crippen LogP contribution in [0.1, 0.15) is 40.5 Å². The number of nitrogens with zero attached hydrogens (tertiary/aromatic N) is 1. The van der Waals surface area contributed by atoms with E-state index in [4.69, 9.17) is 0 Å². The minimum absolute atomic E-state index is 0.234. The maximum absolute atomic E-state index is 9.95. The van der Waals surface area contributed by atoms with Crippen molar-refractivity contribution in [3.05, 3.63) is 0 Å². The SMILES string of the molecule is CC(C)CN(CC(O)CNC(C)C)C1CC1. The molecule has 16 heavy (non-hydrogen) atoms. The molecule has 0 aromatic carbocycles. The molecule has 0 radical (unpaired) electrons. The van der Waals surface area contributed by atoms with Crippen molar-refractivity contribution in [2.24, 2.45) is 5.92 Å². The molecule has 0 saturated heterocycles. The summed E-state index contributed by atoms with van der Waals surface area (Å²) in [6.45, 7) is 11.4. The van der Waals surface area contributed by atoms with Crippen LogP contribution in [0, 0.1) is 5.92 Å². The van der Waals surface area contributed by atoms with Crippen molar-refractivity contribution >= 4 is 0 Å². The van der Waals surface area contributed by atoms with E-state index < -0.39 is 0 Å². The molecule has 1 aliphatic carbocycles. The van der Waals surface area contributed by atoms with Gasteiger partial charge in [0.15, 0.2) is 0 Å². The first-order chi connectivity index (χ1) is 7.49. The Morgan fingerprint density at radius 3 is 2.25 bits per heavy atom. The summed E-state index contributed by atoms with van der Waals surface area (Å²) in [7, 11) is 0. The average Bonchev–Trinajstić information content (AvgIpc) is 2.96. The second kappa shape index (κ2) is 6.58. The number of aliphatic hydroxyl groups excluding tert-OH is 1. The quantitative estimate of drug-likeness (QED) is 0.660. The van der Waals surface area contributed by atoms with E-state index in [0.29, 0.717) is 18.5 Å². The van der Waals surface area contributed by atoms with Crippen molar-refractivity contribution in [2.45, 2.75) is 58.7 Å². The molecule has 0 aromatic rings. The molecular formula is C13H28N2O. The van der Waals surface area contributed by atoms with E-state index in [9.17, 15) is 5.11 Å². The Bertz CT molecular complexity index is 190. The summed E-state index contributed by atoms with van der Waals surface area (Å²) < 4.78 is 0. The standard InChI is InChI=1S/C13H28N2O/c1-10(2)8-15(12-5-6-12)9-13(16)7-14-11(3)4/h10-14,16H,5-9H2,1-4H3. The van der Waals surface area contributed by atoms with E-state index in [2.05, 4.69) is 37.9 Å². The Morgan fingerprint density at radius 1 is 1.19 bits per heavy atom. The highest BCUT2D eigenvalue weighted by molar-refractivity contribution is 4.86. The highest BCUT2D eigenvalue weighted by Crippen LogP contribution is 2.27. The van der Waals surface area contributed by atoms with E-state index in [-0.39, 0.29) is 6.10 Å². The molecule has 96 valence electrons. The van der Waals surface area contributed by atoms with Gasteiger partial charge in [0.1, 0.15) is 0 Å². The smallest absolute Gasteiger partial charge is 0.0791 e. The number of rotatable bonds is 8.